The zero-order valence-corrected chi connectivity index (χ0v) is 15.1. The van der Waals surface area contributed by atoms with Crippen molar-refractivity contribution in [1.82, 2.24) is 0 Å². The van der Waals surface area contributed by atoms with Crippen molar-refractivity contribution < 1.29 is 4.79 Å². The average molecular weight is 312 g/mol. The number of carbonyl (C=O) groups is 1. The Morgan fingerprint density at radius 1 is 1.17 bits per heavy atom. The molecule has 0 saturated carbocycles. The molecule has 2 rings (SSSR count). The van der Waals surface area contributed by atoms with Crippen molar-refractivity contribution in [2.24, 2.45) is 11.3 Å². The first kappa shape index (κ1) is 18.0. The highest BCUT2D eigenvalue weighted by Gasteiger charge is 2.38. The molecule has 23 heavy (non-hydrogen) atoms. The minimum absolute atomic E-state index is 0.270. The van der Waals surface area contributed by atoms with Gasteiger partial charge in [0.1, 0.15) is 6.29 Å². The molecule has 0 spiro atoms. The molecule has 0 bridgehead atoms. The van der Waals surface area contributed by atoms with Crippen molar-refractivity contribution in [3.8, 4) is 0 Å². The van der Waals surface area contributed by atoms with Gasteiger partial charge in [0.05, 0.1) is 5.41 Å². The Hall–Kier alpha value is -1.37. The van der Waals surface area contributed by atoms with Crippen molar-refractivity contribution in [1.29, 1.82) is 0 Å². The summed E-state index contributed by atoms with van der Waals surface area (Å²) in [5, 5.41) is 0. The van der Waals surface area contributed by atoms with E-state index in [-0.39, 0.29) is 5.41 Å². The number of unbranched alkanes of at least 4 members (excludes halogenated alkanes) is 5. The Morgan fingerprint density at radius 3 is 2.61 bits per heavy atom. The van der Waals surface area contributed by atoms with Crippen molar-refractivity contribution in [2.75, 3.05) is 0 Å². The summed E-state index contributed by atoms with van der Waals surface area (Å²) in [7, 11) is 0. The molecule has 0 aromatic rings. The maximum Gasteiger partial charge on any atom is 0.130 e. The summed E-state index contributed by atoms with van der Waals surface area (Å²) in [6.07, 6.45) is 21.8. The molecule has 1 nitrogen and oxygen atoms in total. The van der Waals surface area contributed by atoms with Crippen LogP contribution >= 0.6 is 0 Å². The van der Waals surface area contributed by atoms with Gasteiger partial charge in [-0.3, -0.25) is 0 Å². The van der Waals surface area contributed by atoms with E-state index in [0.29, 0.717) is 5.92 Å². The van der Waals surface area contributed by atoms with Crippen molar-refractivity contribution in [2.45, 2.75) is 72.1 Å². The van der Waals surface area contributed by atoms with E-state index in [4.69, 9.17) is 0 Å². The second-order valence-corrected chi connectivity index (χ2v) is 7.39. The molecule has 0 radical (unpaired) electrons. The zero-order valence-electron chi connectivity index (χ0n) is 15.1. The highest BCUT2D eigenvalue weighted by atomic mass is 16.1. The lowest BCUT2D eigenvalue weighted by atomic mass is 9.76. The molecule has 0 aliphatic heterocycles. The highest BCUT2D eigenvalue weighted by molar-refractivity contribution is 5.73. The number of allylic oxidation sites excluding steroid dienone is 8. The van der Waals surface area contributed by atoms with Crippen LogP contribution in [0.2, 0.25) is 0 Å². The van der Waals surface area contributed by atoms with Gasteiger partial charge in [0.15, 0.2) is 0 Å². The molecule has 0 aromatic heterocycles. The van der Waals surface area contributed by atoms with E-state index in [9.17, 15) is 4.79 Å². The standard InChI is InChI=1S/C22H32O/c1-4-5-6-7-8-9-14-22(17-23)15-13-20-16-19(18(2)3)11-10-12-21(20)22/h10-13,16-18H,4-9,14-15H2,1-3H3. The molecule has 0 heterocycles. The third kappa shape index (κ3) is 4.34. The predicted molar refractivity (Wildman–Crippen MR) is 99.3 cm³/mol. The smallest absolute Gasteiger partial charge is 0.130 e. The lowest BCUT2D eigenvalue weighted by Crippen LogP contribution is -2.22. The van der Waals surface area contributed by atoms with Crippen LogP contribution in [0.3, 0.4) is 0 Å². The lowest BCUT2D eigenvalue weighted by Gasteiger charge is -2.25. The van der Waals surface area contributed by atoms with Gasteiger partial charge >= 0.3 is 0 Å². The first-order valence-corrected chi connectivity index (χ1v) is 9.40. The van der Waals surface area contributed by atoms with Crippen LogP contribution in [0.5, 0.6) is 0 Å². The van der Waals surface area contributed by atoms with Gasteiger partial charge in [-0.1, -0.05) is 89.7 Å². The van der Waals surface area contributed by atoms with Crippen LogP contribution in [-0.4, -0.2) is 6.29 Å². The van der Waals surface area contributed by atoms with Crippen LogP contribution in [0, 0.1) is 11.3 Å². The fourth-order valence-corrected chi connectivity index (χ4v) is 3.67. The SMILES string of the molecule is CCCCCCCCC1(C=O)CC=C2C=C(C(C)C)C=CC=C21. The second-order valence-electron chi connectivity index (χ2n) is 7.39. The number of carbonyl (C=O) groups excluding carboxylic acids is 1. The Morgan fingerprint density at radius 2 is 1.91 bits per heavy atom. The van der Waals surface area contributed by atoms with Gasteiger partial charge < -0.3 is 4.79 Å². The molecule has 0 aromatic carbocycles. The predicted octanol–water partition coefficient (Wildman–Crippen LogP) is 6.33. The molecule has 2 aliphatic carbocycles. The maximum atomic E-state index is 12.0. The van der Waals surface area contributed by atoms with E-state index in [1.54, 1.807) is 0 Å². The van der Waals surface area contributed by atoms with E-state index in [1.807, 2.05) is 0 Å². The number of hydrogen-bond acceptors (Lipinski definition) is 1. The van der Waals surface area contributed by atoms with Crippen LogP contribution in [0.1, 0.15) is 72.1 Å². The largest absolute Gasteiger partial charge is 0.302 e. The first-order valence-electron chi connectivity index (χ1n) is 9.40. The van der Waals surface area contributed by atoms with Crippen LogP contribution in [-0.2, 0) is 4.79 Å². The molecule has 0 fully saturated rings. The Balaban J connectivity index is 2.01. The highest BCUT2D eigenvalue weighted by Crippen LogP contribution is 2.46. The molecule has 2 aliphatic rings. The quantitative estimate of drug-likeness (QED) is 0.359. The monoisotopic (exact) mass is 312 g/mol. The second kappa shape index (κ2) is 8.47. The van der Waals surface area contributed by atoms with Gasteiger partial charge in [-0.2, -0.15) is 0 Å². The summed E-state index contributed by atoms with van der Waals surface area (Å²) >= 11 is 0. The minimum Gasteiger partial charge on any atom is -0.302 e. The fourth-order valence-electron chi connectivity index (χ4n) is 3.67. The lowest BCUT2D eigenvalue weighted by molar-refractivity contribution is -0.114. The first-order chi connectivity index (χ1) is 11.1. The summed E-state index contributed by atoms with van der Waals surface area (Å²) in [4.78, 5) is 12.0. The van der Waals surface area contributed by atoms with E-state index in [1.165, 1.54) is 55.1 Å². The third-order valence-corrected chi connectivity index (χ3v) is 5.28. The van der Waals surface area contributed by atoms with E-state index < -0.39 is 0 Å². The summed E-state index contributed by atoms with van der Waals surface area (Å²) in [6.45, 7) is 6.69. The van der Waals surface area contributed by atoms with E-state index in [2.05, 4.69) is 51.2 Å². The molecule has 126 valence electrons. The molecular weight excluding hydrogens is 280 g/mol. The van der Waals surface area contributed by atoms with Gasteiger partial charge in [-0.05, 0) is 35.5 Å². The van der Waals surface area contributed by atoms with Crippen molar-refractivity contribution in [3.63, 3.8) is 0 Å². The number of hydrogen-bond donors (Lipinski definition) is 0. The molecule has 1 atom stereocenters. The maximum absolute atomic E-state index is 12.0. The normalized spacial score (nSPS) is 23.2. The van der Waals surface area contributed by atoms with Crippen molar-refractivity contribution >= 4 is 6.29 Å². The van der Waals surface area contributed by atoms with E-state index >= 15 is 0 Å². The van der Waals surface area contributed by atoms with Gasteiger partial charge in [0.25, 0.3) is 0 Å². The molecule has 0 amide bonds. The van der Waals surface area contributed by atoms with Crippen LogP contribution < -0.4 is 0 Å². The number of fused-ring (bicyclic) bond motifs is 1. The summed E-state index contributed by atoms with van der Waals surface area (Å²) < 4.78 is 0. The average Bonchev–Trinajstić information content (AvgIpc) is 2.73. The van der Waals surface area contributed by atoms with Gasteiger partial charge in [-0.25, -0.2) is 0 Å². The fraction of sp³-hybridized carbons (Fsp3) is 0.591. The molecular formula is C22H32O. The van der Waals surface area contributed by atoms with Crippen LogP contribution in [0.4, 0.5) is 0 Å². The topological polar surface area (TPSA) is 17.1 Å². The Kier molecular flexibility index (Phi) is 6.62. The Bertz CT molecular complexity index is 530. The van der Waals surface area contributed by atoms with Crippen LogP contribution in [0.25, 0.3) is 0 Å². The molecule has 0 saturated heterocycles. The number of aldehydes is 1. The number of rotatable bonds is 9. The summed E-state index contributed by atoms with van der Waals surface area (Å²) in [5.41, 5.74) is 3.60. The van der Waals surface area contributed by atoms with E-state index in [0.717, 1.165) is 19.3 Å². The Labute approximate surface area is 142 Å². The molecule has 1 heteroatoms. The summed E-state index contributed by atoms with van der Waals surface area (Å²) in [5.74, 6) is 0.518. The third-order valence-electron chi connectivity index (χ3n) is 5.28. The van der Waals surface area contributed by atoms with Crippen molar-refractivity contribution in [3.05, 3.63) is 47.1 Å². The zero-order chi connectivity index (χ0) is 16.7. The summed E-state index contributed by atoms with van der Waals surface area (Å²) in [6, 6.07) is 0. The molecule has 0 N–H and O–H groups in total. The van der Waals surface area contributed by atoms with Gasteiger partial charge in [0.2, 0.25) is 0 Å². The van der Waals surface area contributed by atoms with Gasteiger partial charge in [0, 0.05) is 0 Å². The van der Waals surface area contributed by atoms with Crippen LogP contribution in [0.15, 0.2) is 47.1 Å². The van der Waals surface area contributed by atoms with Gasteiger partial charge in [-0.15, -0.1) is 0 Å². The minimum atomic E-state index is -0.270. The molecule has 1 unspecified atom stereocenters.